The Balaban J connectivity index is 1.71. The molecule has 0 spiro atoms. The molecule has 1 heterocycles. The number of benzene rings is 2. The summed E-state index contributed by atoms with van der Waals surface area (Å²) in [7, 11) is -3.67. The summed E-state index contributed by atoms with van der Waals surface area (Å²) in [5.74, 6) is -0.779. The van der Waals surface area contributed by atoms with Crippen molar-refractivity contribution in [2.45, 2.75) is 31.7 Å². The van der Waals surface area contributed by atoms with E-state index in [4.69, 9.17) is 4.84 Å². The zero-order valence-corrected chi connectivity index (χ0v) is 18.3. The molecular weight excluding hydrogens is 425 g/mol. The molecule has 0 aliphatic carbocycles. The lowest BCUT2D eigenvalue weighted by Crippen LogP contribution is -2.34. The zero-order valence-electron chi connectivity index (χ0n) is 17.4. The topological polar surface area (TPSA) is 106 Å². The predicted molar refractivity (Wildman–Crippen MR) is 112 cm³/mol. The van der Waals surface area contributed by atoms with Crippen molar-refractivity contribution in [2.75, 3.05) is 19.7 Å². The highest BCUT2D eigenvalue weighted by Gasteiger charge is 2.23. The number of halogens is 1. The molecule has 0 aliphatic rings. The summed E-state index contributed by atoms with van der Waals surface area (Å²) in [6, 6.07) is 9.88. The SMILES string of the molecule is CCN(CC)S(=O)(=O)c1ccc2nnn(OCC(=O)NC(C)c3ccc(F)cc3)c2c1. The highest BCUT2D eigenvalue weighted by molar-refractivity contribution is 7.89. The Labute approximate surface area is 179 Å². The number of amides is 1. The molecular formula is C20H24FN5O4S. The quantitative estimate of drug-likeness (QED) is 0.535. The van der Waals surface area contributed by atoms with Crippen molar-refractivity contribution in [3.8, 4) is 0 Å². The van der Waals surface area contributed by atoms with E-state index in [1.165, 1.54) is 34.6 Å². The van der Waals surface area contributed by atoms with Gasteiger partial charge in [0.15, 0.2) is 6.61 Å². The van der Waals surface area contributed by atoms with Gasteiger partial charge in [-0.2, -0.15) is 4.31 Å². The first-order valence-corrected chi connectivity index (χ1v) is 11.2. The molecule has 0 fully saturated rings. The average molecular weight is 450 g/mol. The standard InChI is InChI=1S/C20H24FN5O4S/c1-4-25(5-2)31(28,29)17-10-11-18-19(12-17)26(24-23-18)30-13-20(27)22-14(3)15-6-8-16(21)9-7-15/h6-12,14H,4-5,13H2,1-3H3,(H,22,27). The summed E-state index contributed by atoms with van der Waals surface area (Å²) < 4.78 is 39.9. The Morgan fingerprint density at radius 2 is 1.87 bits per heavy atom. The summed E-state index contributed by atoms with van der Waals surface area (Å²) >= 11 is 0. The molecule has 1 aromatic heterocycles. The highest BCUT2D eigenvalue weighted by atomic mass is 32.2. The van der Waals surface area contributed by atoms with Gasteiger partial charge in [0.2, 0.25) is 10.0 Å². The van der Waals surface area contributed by atoms with Crippen LogP contribution in [0.15, 0.2) is 47.4 Å². The number of nitrogens with one attached hydrogen (secondary N) is 1. The predicted octanol–water partition coefficient (Wildman–Crippen LogP) is 1.91. The Morgan fingerprint density at radius 3 is 2.52 bits per heavy atom. The van der Waals surface area contributed by atoms with E-state index >= 15 is 0 Å². The summed E-state index contributed by atoms with van der Waals surface area (Å²) in [4.78, 5) is 18.8. The molecule has 31 heavy (non-hydrogen) atoms. The number of nitrogens with zero attached hydrogens (tertiary/aromatic N) is 4. The first-order chi connectivity index (χ1) is 14.8. The Morgan fingerprint density at radius 1 is 1.19 bits per heavy atom. The van der Waals surface area contributed by atoms with Crippen LogP contribution in [-0.2, 0) is 14.8 Å². The number of fused-ring (bicyclic) bond motifs is 1. The van der Waals surface area contributed by atoms with Crippen LogP contribution in [0.4, 0.5) is 4.39 Å². The maximum absolute atomic E-state index is 13.0. The van der Waals surface area contributed by atoms with E-state index in [9.17, 15) is 17.6 Å². The third-order valence-electron chi connectivity index (χ3n) is 4.80. The number of carbonyl (C=O) groups excluding carboxylic acids is 1. The van der Waals surface area contributed by atoms with Gasteiger partial charge in [0.05, 0.1) is 10.9 Å². The van der Waals surface area contributed by atoms with E-state index in [0.717, 1.165) is 10.4 Å². The first-order valence-electron chi connectivity index (χ1n) is 9.80. The van der Waals surface area contributed by atoms with Gasteiger partial charge in [-0.1, -0.05) is 30.8 Å². The van der Waals surface area contributed by atoms with Gasteiger partial charge in [-0.25, -0.2) is 12.8 Å². The molecule has 2 aromatic carbocycles. The van der Waals surface area contributed by atoms with Crippen molar-refractivity contribution in [1.29, 1.82) is 0 Å². The normalized spacial score (nSPS) is 12.8. The number of hydrogen-bond donors (Lipinski definition) is 1. The fourth-order valence-corrected chi connectivity index (χ4v) is 4.56. The number of hydrogen-bond acceptors (Lipinski definition) is 6. The molecule has 1 amide bonds. The van der Waals surface area contributed by atoms with Crippen molar-refractivity contribution in [1.82, 2.24) is 24.8 Å². The van der Waals surface area contributed by atoms with E-state index in [0.29, 0.717) is 24.1 Å². The van der Waals surface area contributed by atoms with Crippen molar-refractivity contribution < 1.29 is 22.4 Å². The van der Waals surface area contributed by atoms with Gasteiger partial charge in [-0.05, 0) is 48.0 Å². The minimum atomic E-state index is -3.67. The lowest BCUT2D eigenvalue weighted by atomic mass is 10.1. The van der Waals surface area contributed by atoms with Crippen LogP contribution in [0.25, 0.3) is 11.0 Å². The van der Waals surface area contributed by atoms with E-state index < -0.39 is 15.9 Å². The highest BCUT2D eigenvalue weighted by Crippen LogP contribution is 2.20. The smallest absolute Gasteiger partial charge is 0.261 e. The summed E-state index contributed by atoms with van der Waals surface area (Å²) in [5, 5.41) is 10.5. The number of rotatable bonds is 9. The third kappa shape index (κ3) is 5.00. The van der Waals surface area contributed by atoms with Crippen LogP contribution in [0.2, 0.25) is 0 Å². The first kappa shape index (κ1) is 22.6. The van der Waals surface area contributed by atoms with Gasteiger partial charge in [0, 0.05) is 13.1 Å². The summed E-state index contributed by atoms with van der Waals surface area (Å²) in [6.45, 7) is 5.62. The fraction of sp³-hybridized carbons (Fsp3) is 0.350. The number of aromatic nitrogens is 3. The minimum absolute atomic E-state index is 0.0882. The van der Waals surface area contributed by atoms with Crippen LogP contribution < -0.4 is 10.2 Å². The average Bonchev–Trinajstić information content (AvgIpc) is 3.15. The minimum Gasteiger partial charge on any atom is -0.385 e. The number of carbonyl (C=O) groups is 1. The molecule has 3 aromatic rings. The van der Waals surface area contributed by atoms with Gasteiger partial charge in [-0.15, -0.1) is 5.10 Å². The third-order valence-corrected chi connectivity index (χ3v) is 6.84. The molecule has 0 saturated heterocycles. The van der Waals surface area contributed by atoms with Crippen LogP contribution in [-0.4, -0.2) is 53.5 Å². The van der Waals surface area contributed by atoms with Crippen LogP contribution >= 0.6 is 0 Å². The van der Waals surface area contributed by atoms with Gasteiger partial charge in [0.25, 0.3) is 5.91 Å². The molecule has 1 N–H and O–H groups in total. The summed E-state index contributed by atoms with van der Waals surface area (Å²) in [6.07, 6.45) is 0. The van der Waals surface area contributed by atoms with E-state index in [1.807, 2.05) is 0 Å². The van der Waals surface area contributed by atoms with Gasteiger partial charge in [0.1, 0.15) is 16.9 Å². The van der Waals surface area contributed by atoms with Crippen LogP contribution in [0.3, 0.4) is 0 Å². The Hall–Kier alpha value is -3.05. The molecule has 1 atom stereocenters. The second-order valence-corrected chi connectivity index (χ2v) is 8.75. The van der Waals surface area contributed by atoms with Crippen LogP contribution in [0.1, 0.15) is 32.4 Å². The molecule has 9 nitrogen and oxygen atoms in total. The summed E-state index contributed by atoms with van der Waals surface area (Å²) in [5.41, 5.74) is 1.50. The molecule has 3 rings (SSSR count). The molecule has 166 valence electrons. The monoisotopic (exact) mass is 449 g/mol. The van der Waals surface area contributed by atoms with E-state index in [2.05, 4.69) is 15.6 Å². The van der Waals surface area contributed by atoms with Gasteiger partial charge >= 0.3 is 0 Å². The fourth-order valence-electron chi connectivity index (χ4n) is 3.08. The van der Waals surface area contributed by atoms with E-state index in [1.54, 1.807) is 32.9 Å². The van der Waals surface area contributed by atoms with Crippen LogP contribution in [0.5, 0.6) is 0 Å². The lowest BCUT2D eigenvalue weighted by molar-refractivity contribution is -0.127. The van der Waals surface area contributed by atoms with Crippen molar-refractivity contribution in [3.63, 3.8) is 0 Å². The Kier molecular flexibility index (Phi) is 6.86. The molecule has 0 aliphatic heterocycles. The van der Waals surface area contributed by atoms with Gasteiger partial charge in [-0.3, -0.25) is 4.79 Å². The van der Waals surface area contributed by atoms with E-state index in [-0.39, 0.29) is 23.4 Å². The maximum Gasteiger partial charge on any atom is 0.261 e. The van der Waals surface area contributed by atoms with Gasteiger partial charge < -0.3 is 10.2 Å². The van der Waals surface area contributed by atoms with Crippen molar-refractivity contribution in [3.05, 3.63) is 53.8 Å². The molecule has 0 saturated carbocycles. The van der Waals surface area contributed by atoms with Crippen LogP contribution in [0, 0.1) is 5.82 Å². The molecule has 1 unspecified atom stereocenters. The van der Waals surface area contributed by atoms with Crippen molar-refractivity contribution in [2.24, 2.45) is 0 Å². The number of sulfonamides is 1. The molecule has 11 heteroatoms. The Bertz CT molecular complexity index is 1160. The largest absolute Gasteiger partial charge is 0.385 e. The second kappa shape index (κ2) is 9.40. The maximum atomic E-state index is 13.0. The molecule has 0 radical (unpaired) electrons. The van der Waals surface area contributed by atoms with Crippen molar-refractivity contribution >= 4 is 27.0 Å². The molecule has 0 bridgehead atoms. The second-order valence-electron chi connectivity index (χ2n) is 6.82. The zero-order chi connectivity index (χ0) is 22.6. The lowest BCUT2D eigenvalue weighted by Gasteiger charge is -2.18.